The van der Waals surface area contributed by atoms with Gasteiger partial charge in [-0.2, -0.15) is 0 Å². The summed E-state index contributed by atoms with van der Waals surface area (Å²) in [7, 11) is 0. The summed E-state index contributed by atoms with van der Waals surface area (Å²) < 4.78 is 1.12. The zero-order chi connectivity index (χ0) is 15.5. The van der Waals surface area contributed by atoms with E-state index in [1.165, 1.54) is 25.2 Å². The lowest BCUT2D eigenvalue weighted by molar-refractivity contribution is 0.248. The molecule has 0 saturated heterocycles. The second-order valence-electron chi connectivity index (χ2n) is 5.25. The van der Waals surface area contributed by atoms with Crippen LogP contribution in [0.1, 0.15) is 27.2 Å². The fraction of sp³-hybridized carbons (Fsp3) is 0.647. The van der Waals surface area contributed by atoms with E-state index in [0.29, 0.717) is 0 Å². The minimum Gasteiger partial charge on any atom is -0.384 e. The van der Waals surface area contributed by atoms with E-state index in [4.69, 9.17) is 0 Å². The molecule has 0 bridgehead atoms. The maximum atomic E-state index is 3.50. The van der Waals surface area contributed by atoms with Gasteiger partial charge in [0, 0.05) is 23.2 Å². The van der Waals surface area contributed by atoms with Gasteiger partial charge in [-0.05, 0) is 57.3 Å². The molecule has 4 heteroatoms. The highest BCUT2D eigenvalue weighted by atomic mass is 79.9. The van der Waals surface area contributed by atoms with Gasteiger partial charge in [-0.3, -0.25) is 0 Å². The van der Waals surface area contributed by atoms with Gasteiger partial charge >= 0.3 is 0 Å². The van der Waals surface area contributed by atoms with Crippen LogP contribution in [0.25, 0.3) is 0 Å². The highest BCUT2D eigenvalue weighted by Crippen LogP contribution is 2.15. The molecule has 0 aliphatic heterocycles. The highest BCUT2D eigenvalue weighted by molar-refractivity contribution is 9.10. The van der Waals surface area contributed by atoms with Crippen molar-refractivity contribution in [3.63, 3.8) is 0 Å². The molecule has 0 amide bonds. The predicted octanol–water partition coefficient (Wildman–Crippen LogP) is 3.91. The first kappa shape index (κ1) is 18.5. The third-order valence-corrected chi connectivity index (χ3v) is 4.37. The molecule has 0 aromatic heterocycles. The molecule has 0 saturated carbocycles. The van der Waals surface area contributed by atoms with Gasteiger partial charge in [0.05, 0.1) is 0 Å². The quantitative estimate of drug-likeness (QED) is 0.648. The molecular weight excluding hydrogens is 326 g/mol. The normalized spacial score (nSPS) is 11.3. The van der Waals surface area contributed by atoms with E-state index >= 15 is 0 Å². The SMILES string of the molecule is CCN(CC)CCCN(CC)CCNc1cccc(Br)c1. The van der Waals surface area contributed by atoms with Crippen molar-refractivity contribution < 1.29 is 0 Å². The Morgan fingerprint density at radius 3 is 2.24 bits per heavy atom. The first-order chi connectivity index (χ1) is 10.2. The van der Waals surface area contributed by atoms with Gasteiger partial charge in [0.1, 0.15) is 0 Å². The number of rotatable bonds is 11. The summed E-state index contributed by atoms with van der Waals surface area (Å²) in [6.45, 7) is 14.7. The van der Waals surface area contributed by atoms with Gasteiger partial charge < -0.3 is 15.1 Å². The van der Waals surface area contributed by atoms with Gasteiger partial charge in [0.25, 0.3) is 0 Å². The molecule has 0 unspecified atom stereocenters. The van der Waals surface area contributed by atoms with Crippen molar-refractivity contribution in [1.82, 2.24) is 9.80 Å². The van der Waals surface area contributed by atoms with Crippen LogP contribution in [-0.2, 0) is 0 Å². The minimum absolute atomic E-state index is 0.996. The summed E-state index contributed by atoms with van der Waals surface area (Å²) in [5.41, 5.74) is 1.18. The van der Waals surface area contributed by atoms with Crippen LogP contribution >= 0.6 is 15.9 Å². The van der Waals surface area contributed by atoms with Crippen LogP contribution in [0.3, 0.4) is 0 Å². The van der Waals surface area contributed by atoms with Gasteiger partial charge in [0.2, 0.25) is 0 Å². The van der Waals surface area contributed by atoms with Crippen molar-refractivity contribution in [2.75, 3.05) is 51.1 Å². The average molecular weight is 356 g/mol. The Bertz CT molecular complexity index is 380. The molecule has 3 nitrogen and oxygen atoms in total. The minimum atomic E-state index is 0.996. The molecule has 0 radical (unpaired) electrons. The second-order valence-corrected chi connectivity index (χ2v) is 6.17. The van der Waals surface area contributed by atoms with E-state index in [0.717, 1.165) is 37.2 Å². The lowest BCUT2D eigenvalue weighted by Crippen LogP contribution is -2.32. The van der Waals surface area contributed by atoms with Gasteiger partial charge in [0.15, 0.2) is 0 Å². The van der Waals surface area contributed by atoms with E-state index in [-0.39, 0.29) is 0 Å². The van der Waals surface area contributed by atoms with Crippen molar-refractivity contribution in [2.24, 2.45) is 0 Å². The number of nitrogens with zero attached hydrogens (tertiary/aromatic N) is 2. The topological polar surface area (TPSA) is 18.5 Å². The Labute approximate surface area is 138 Å². The number of hydrogen-bond donors (Lipinski definition) is 1. The largest absolute Gasteiger partial charge is 0.384 e. The average Bonchev–Trinajstić information content (AvgIpc) is 2.50. The second kappa shape index (κ2) is 11.0. The van der Waals surface area contributed by atoms with Crippen molar-refractivity contribution in [3.05, 3.63) is 28.7 Å². The zero-order valence-corrected chi connectivity index (χ0v) is 15.3. The van der Waals surface area contributed by atoms with Gasteiger partial charge in [-0.1, -0.05) is 42.8 Å². The van der Waals surface area contributed by atoms with E-state index in [9.17, 15) is 0 Å². The van der Waals surface area contributed by atoms with Crippen molar-refractivity contribution in [3.8, 4) is 0 Å². The molecule has 1 rings (SSSR count). The maximum absolute atomic E-state index is 3.50. The van der Waals surface area contributed by atoms with Gasteiger partial charge in [-0.15, -0.1) is 0 Å². The summed E-state index contributed by atoms with van der Waals surface area (Å²) in [6, 6.07) is 8.35. The molecule has 1 aromatic rings. The Morgan fingerprint density at radius 2 is 1.62 bits per heavy atom. The summed E-state index contributed by atoms with van der Waals surface area (Å²) in [5.74, 6) is 0. The summed E-state index contributed by atoms with van der Waals surface area (Å²) in [4.78, 5) is 5.02. The van der Waals surface area contributed by atoms with E-state index < -0.39 is 0 Å². The fourth-order valence-corrected chi connectivity index (χ4v) is 2.84. The first-order valence-electron chi connectivity index (χ1n) is 8.13. The Morgan fingerprint density at radius 1 is 0.952 bits per heavy atom. The number of likely N-dealkylation sites (N-methyl/N-ethyl adjacent to an activating group) is 1. The molecule has 0 aliphatic rings. The Hall–Kier alpha value is -0.580. The van der Waals surface area contributed by atoms with Crippen LogP contribution in [0.5, 0.6) is 0 Å². The third-order valence-electron chi connectivity index (χ3n) is 3.87. The smallest absolute Gasteiger partial charge is 0.0351 e. The van der Waals surface area contributed by atoms with Crippen molar-refractivity contribution >= 4 is 21.6 Å². The maximum Gasteiger partial charge on any atom is 0.0351 e. The molecule has 0 atom stereocenters. The van der Waals surface area contributed by atoms with Crippen LogP contribution in [0.2, 0.25) is 0 Å². The molecule has 0 spiro atoms. The Kier molecular flexibility index (Phi) is 9.72. The summed E-state index contributed by atoms with van der Waals surface area (Å²) in [5, 5.41) is 3.49. The monoisotopic (exact) mass is 355 g/mol. The molecule has 21 heavy (non-hydrogen) atoms. The number of benzene rings is 1. The first-order valence-corrected chi connectivity index (χ1v) is 8.93. The van der Waals surface area contributed by atoms with E-state index in [1.807, 2.05) is 0 Å². The molecule has 120 valence electrons. The summed E-state index contributed by atoms with van der Waals surface area (Å²) in [6.07, 6.45) is 1.26. The zero-order valence-electron chi connectivity index (χ0n) is 13.7. The van der Waals surface area contributed by atoms with E-state index in [2.05, 4.69) is 76.1 Å². The molecule has 1 aromatic carbocycles. The Balaban J connectivity index is 2.21. The standard InChI is InChI=1S/C17H30BrN3/c1-4-20(5-2)12-8-13-21(6-3)14-11-19-17-10-7-9-16(18)15-17/h7,9-10,15,19H,4-6,8,11-14H2,1-3H3. The predicted molar refractivity (Wildman–Crippen MR) is 97.2 cm³/mol. The third kappa shape index (κ3) is 7.84. The van der Waals surface area contributed by atoms with Gasteiger partial charge in [-0.25, -0.2) is 0 Å². The lowest BCUT2D eigenvalue weighted by Gasteiger charge is -2.23. The number of halogens is 1. The van der Waals surface area contributed by atoms with Crippen LogP contribution in [0.15, 0.2) is 28.7 Å². The molecule has 0 fully saturated rings. The number of anilines is 1. The highest BCUT2D eigenvalue weighted by Gasteiger charge is 2.04. The van der Waals surface area contributed by atoms with Crippen LogP contribution < -0.4 is 5.32 Å². The van der Waals surface area contributed by atoms with Crippen LogP contribution in [0.4, 0.5) is 5.69 Å². The van der Waals surface area contributed by atoms with Crippen molar-refractivity contribution in [1.29, 1.82) is 0 Å². The lowest BCUT2D eigenvalue weighted by atomic mass is 10.3. The fourth-order valence-electron chi connectivity index (χ4n) is 2.44. The molecular formula is C17H30BrN3. The number of hydrogen-bond acceptors (Lipinski definition) is 3. The molecule has 0 heterocycles. The molecule has 1 N–H and O–H groups in total. The summed E-state index contributed by atoms with van der Waals surface area (Å²) >= 11 is 3.50. The van der Waals surface area contributed by atoms with Crippen molar-refractivity contribution in [2.45, 2.75) is 27.2 Å². The number of nitrogens with one attached hydrogen (secondary N) is 1. The van der Waals surface area contributed by atoms with Crippen LogP contribution in [-0.4, -0.2) is 55.6 Å². The van der Waals surface area contributed by atoms with Crippen LogP contribution in [0, 0.1) is 0 Å². The molecule has 0 aliphatic carbocycles. The van der Waals surface area contributed by atoms with E-state index in [1.54, 1.807) is 0 Å².